The largest absolute Gasteiger partial charge is 0.481 e. The molecule has 1 aromatic heterocycles. The molecule has 0 aliphatic heterocycles. The minimum atomic E-state index is -0.882. The molecule has 88 valence electrons. The zero-order valence-corrected chi connectivity index (χ0v) is 9.30. The first-order valence-electron chi connectivity index (χ1n) is 4.89. The third-order valence-electron chi connectivity index (χ3n) is 2.05. The molecule has 0 aliphatic rings. The van der Waals surface area contributed by atoms with Gasteiger partial charge >= 0.3 is 5.97 Å². The molecule has 0 aliphatic carbocycles. The number of aliphatic carboxylic acids is 1. The van der Waals surface area contributed by atoms with Gasteiger partial charge in [-0.3, -0.25) is 4.79 Å². The Morgan fingerprint density at radius 3 is 2.94 bits per heavy atom. The summed E-state index contributed by atoms with van der Waals surface area (Å²) >= 11 is 0. The summed E-state index contributed by atoms with van der Waals surface area (Å²) in [5, 5.41) is 11.6. The highest BCUT2D eigenvalue weighted by molar-refractivity contribution is 5.67. The van der Waals surface area contributed by atoms with Gasteiger partial charge in [-0.25, -0.2) is 9.97 Å². The van der Waals surface area contributed by atoms with Crippen LogP contribution in [0.4, 0.5) is 5.82 Å². The fourth-order valence-electron chi connectivity index (χ4n) is 1.20. The molecule has 1 heterocycles. The van der Waals surface area contributed by atoms with Crippen molar-refractivity contribution >= 4 is 11.8 Å². The molecular formula is C10H15N3O3. The van der Waals surface area contributed by atoms with Crippen molar-refractivity contribution in [3.8, 4) is 0 Å². The number of nitrogens with zero attached hydrogens (tertiary/aromatic N) is 2. The second-order valence-corrected chi connectivity index (χ2v) is 3.38. The fourth-order valence-corrected chi connectivity index (χ4v) is 1.20. The highest BCUT2D eigenvalue weighted by Crippen LogP contribution is 2.04. The summed E-state index contributed by atoms with van der Waals surface area (Å²) in [6.45, 7) is 2.26. The lowest BCUT2D eigenvalue weighted by molar-refractivity contribution is -0.139. The van der Waals surface area contributed by atoms with E-state index in [1.54, 1.807) is 6.07 Å². The summed E-state index contributed by atoms with van der Waals surface area (Å²) < 4.78 is 5.03. The summed E-state index contributed by atoms with van der Waals surface area (Å²) in [7, 11) is 1.49. The van der Waals surface area contributed by atoms with Gasteiger partial charge in [0.25, 0.3) is 0 Å². The van der Waals surface area contributed by atoms with Crippen LogP contribution in [0, 0.1) is 6.92 Å². The molecule has 1 unspecified atom stereocenters. The standard InChI is InChI=1S/C10H15N3O3/c1-7-3-9(13-6-12-7)11-5-8(16-2)4-10(14)15/h3,6,8H,4-5H2,1-2H3,(H,14,15)(H,11,12,13). The maximum Gasteiger partial charge on any atom is 0.306 e. The lowest BCUT2D eigenvalue weighted by Crippen LogP contribution is -2.25. The SMILES string of the molecule is COC(CNc1cc(C)ncn1)CC(=O)O. The van der Waals surface area contributed by atoms with Gasteiger partial charge in [-0.05, 0) is 6.92 Å². The fraction of sp³-hybridized carbons (Fsp3) is 0.500. The Labute approximate surface area is 93.7 Å². The maximum atomic E-state index is 10.5. The lowest BCUT2D eigenvalue weighted by atomic mass is 10.2. The number of hydrogen-bond donors (Lipinski definition) is 2. The molecule has 0 saturated carbocycles. The lowest BCUT2D eigenvalue weighted by Gasteiger charge is -2.14. The monoisotopic (exact) mass is 225 g/mol. The molecule has 0 bridgehead atoms. The number of ether oxygens (including phenoxy) is 1. The molecule has 0 fully saturated rings. The van der Waals surface area contributed by atoms with Crippen molar-refractivity contribution in [2.45, 2.75) is 19.4 Å². The predicted molar refractivity (Wildman–Crippen MR) is 58.3 cm³/mol. The van der Waals surface area contributed by atoms with Crippen LogP contribution in [0.2, 0.25) is 0 Å². The Morgan fingerprint density at radius 2 is 2.38 bits per heavy atom. The number of rotatable bonds is 6. The first-order valence-corrected chi connectivity index (χ1v) is 4.89. The van der Waals surface area contributed by atoms with Gasteiger partial charge in [0.05, 0.1) is 12.5 Å². The molecule has 16 heavy (non-hydrogen) atoms. The van der Waals surface area contributed by atoms with E-state index in [-0.39, 0.29) is 12.5 Å². The van der Waals surface area contributed by atoms with Gasteiger partial charge < -0.3 is 15.2 Å². The summed E-state index contributed by atoms with van der Waals surface area (Å²) in [4.78, 5) is 18.5. The molecular weight excluding hydrogens is 210 g/mol. The van der Waals surface area contributed by atoms with E-state index in [4.69, 9.17) is 9.84 Å². The molecule has 1 rings (SSSR count). The normalized spacial score (nSPS) is 12.1. The number of carboxylic acid groups (broad SMARTS) is 1. The van der Waals surface area contributed by atoms with E-state index < -0.39 is 5.97 Å². The quantitative estimate of drug-likeness (QED) is 0.740. The van der Waals surface area contributed by atoms with Crippen LogP contribution in [0.25, 0.3) is 0 Å². The Morgan fingerprint density at radius 1 is 1.62 bits per heavy atom. The van der Waals surface area contributed by atoms with E-state index in [0.29, 0.717) is 12.4 Å². The molecule has 0 saturated heterocycles. The van der Waals surface area contributed by atoms with Crippen LogP contribution >= 0.6 is 0 Å². The molecule has 2 N–H and O–H groups in total. The molecule has 0 radical (unpaired) electrons. The average Bonchev–Trinajstić information content (AvgIpc) is 2.24. The number of methoxy groups -OCH3 is 1. The third-order valence-corrected chi connectivity index (χ3v) is 2.05. The first-order chi connectivity index (χ1) is 7.61. The second-order valence-electron chi connectivity index (χ2n) is 3.38. The highest BCUT2D eigenvalue weighted by atomic mass is 16.5. The van der Waals surface area contributed by atoms with E-state index in [0.717, 1.165) is 5.69 Å². The minimum Gasteiger partial charge on any atom is -0.481 e. The van der Waals surface area contributed by atoms with Crippen LogP contribution in [-0.2, 0) is 9.53 Å². The first kappa shape index (κ1) is 12.4. The molecule has 1 aromatic rings. The van der Waals surface area contributed by atoms with Gasteiger partial charge in [-0.15, -0.1) is 0 Å². The molecule has 0 spiro atoms. The average molecular weight is 225 g/mol. The summed E-state index contributed by atoms with van der Waals surface area (Å²) in [5.41, 5.74) is 0.852. The zero-order chi connectivity index (χ0) is 12.0. The van der Waals surface area contributed by atoms with E-state index in [1.807, 2.05) is 6.92 Å². The number of aromatic nitrogens is 2. The van der Waals surface area contributed by atoms with Crippen molar-refractivity contribution in [3.63, 3.8) is 0 Å². The van der Waals surface area contributed by atoms with E-state index in [2.05, 4.69) is 15.3 Å². The van der Waals surface area contributed by atoms with Crippen molar-refractivity contribution in [1.29, 1.82) is 0 Å². The summed E-state index contributed by atoms with van der Waals surface area (Å²) in [6.07, 6.45) is 1.05. The van der Waals surface area contributed by atoms with Crippen molar-refractivity contribution in [2.24, 2.45) is 0 Å². The Bertz CT molecular complexity index is 357. The van der Waals surface area contributed by atoms with Gasteiger partial charge in [0.1, 0.15) is 12.1 Å². The van der Waals surface area contributed by atoms with Crippen molar-refractivity contribution in [1.82, 2.24) is 9.97 Å². The number of hydrogen-bond acceptors (Lipinski definition) is 5. The van der Waals surface area contributed by atoms with Crippen LogP contribution < -0.4 is 5.32 Å². The Hall–Kier alpha value is -1.69. The molecule has 1 atom stereocenters. The summed E-state index contributed by atoms with van der Waals surface area (Å²) in [5.74, 6) is -0.215. The number of aryl methyl sites for hydroxylation is 1. The van der Waals surface area contributed by atoms with Crippen molar-refractivity contribution in [3.05, 3.63) is 18.1 Å². The number of anilines is 1. The summed E-state index contributed by atoms with van der Waals surface area (Å²) in [6, 6.07) is 1.79. The van der Waals surface area contributed by atoms with Crippen LogP contribution in [0.3, 0.4) is 0 Å². The zero-order valence-electron chi connectivity index (χ0n) is 9.30. The number of carboxylic acids is 1. The predicted octanol–water partition coefficient (Wildman–Crippen LogP) is 0.687. The van der Waals surface area contributed by atoms with Gasteiger partial charge in [-0.2, -0.15) is 0 Å². The molecule has 0 aromatic carbocycles. The molecule has 6 nitrogen and oxygen atoms in total. The van der Waals surface area contributed by atoms with Crippen LogP contribution in [0.1, 0.15) is 12.1 Å². The van der Waals surface area contributed by atoms with E-state index in [9.17, 15) is 4.79 Å². The van der Waals surface area contributed by atoms with Gasteiger partial charge in [0, 0.05) is 25.4 Å². The van der Waals surface area contributed by atoms with E-state index >= 15 is 0 Å². The molecule has 6 heteroatoms. The van der Waals surface area contributed by atoms with Gasteiger partial charge in [-0.1, -0.05) is 0 Å². The number of carbonyl (C=O) groups is 1. The molecule has 0 amide bonds. The highest BCUT2D eigenvalue weighted by Gasteiger charge is 2.11. The van der Waals surface area contributed by atoms with Gasteiger partial charge in [0.15, 0.2) is 0 Å². The van der Waals surface area contributed by atoms with Crippen LogP contribution in [0.15, 0.2) is 12.4 Å². The topological polar surface area (TPSA) is 84.3 Å². The van der Waals surface area contributed by atoms with Gasteiger partial charge in [0.2, 0.25) is 0 Å². The van der Waals surface area contributed by atoms with Crippen LogP contribution in [-0.4, -0.2) is 40.8 Å². The minimum absolute atomic E-state index is 0.0342. The Balaban J connectivity index is 2.46. The number of nitrogens with one attached hydrogen (secondary N) is 1. The Kier molecular flexibility index (Phi) is 4.65. The van der Waals surface area contributed by atoms with Crippen molar-refractivity contribution in [2.75, 3.05) is 19.0 Å². The van der Waals surface area contributed by atoms with Crippen molar-refractivity contribution < 1.29 is 14.6 Å². The smallest absolute Gasteiger partial charge is 0.306 e. The van der Waals surface area contributed by atoms with Crippen LogP contribution in [0.5, 0.6) is 0 Å². The maximum absolute atomic E-state index is 10.5. The second kappa shape index (κ2) is 6.02. The van der Waals surface area contributed by atoms with E-state index in [1.165, 1.54) is 13.4 Å². The third kappa shape index (κ3) is 4.22.